The molecule has 2 aliphatic heterocycles. The van der Waals surface area contributed by atoms with Crippen molar-refractivity contribution >= 4 is 17.7 Å². The van der Waals surface area contributed by atoms with Gasteiger partial charge in [0.1, 0.15) is 0 Å². The second-order valence-electron chi connectivity index (χ2n) is 5.47. The lowest BCUT2D eigenvalue weighted by molar-refractivity contribution is -0.124. The maximum Gasteiger partial charge on any atom is 0.409 e. The number of nitrogens with zero attached hydrogens (tertiary/aromatic N) is 2. The van der Waals surface area contributed by atoms with Gasteiger partial charge in [-0.2, -0.15) is 5.10 Å². The molecule has 2 heterocycles. The van der Waals surface area contributed by atoms with Crippen LogP contribution in [-0.4, -0.2) is 42.3 Å². The number of hydrogen-bond donors (Lipinski definition) is 1. The highest BCUT2D eigenvalue weighted by Gasteiger charge is 2.41. The minimum atomic E-state index is -0.320. The average Bonchev–Trinajstić information content (AvgIpc) is 2.55. The van der Waals surface area contributed by atoms with E-state index < -0.39 is 0 Å². The van der Waals surface area contributed by atoms with Gasteiger partial charge < -0.3 is 9.64 Å². The minimum Gasteiger partial charge on any atom is -0.450 e. The first-order valence-corrected chi connectivity index (χ1v) is 7.53. The zero-order chi connectivity index (χ0) is 15.5. The Morgan fingerprint density at radius 1 is 1.41 bits per heavy atom. The molecule has 2 atom stereocenters. The number of nitrogens with one attached hydrogen (secondary N) is 1. The van der Waals surface area contributed by atoms with Gasteiger partial charge in [-0.3, -0.25) is 4.79 Å². The van der Waals surface area contributed by atoms with Crippen molar-refractivity contribution in [3.63, 3.8) is 0 Å². The zero-order valence-electron chi connectivity index (χ0n) is 12.5. The van der Waals surface area contributed by atoms with Crippen LogP contribution in [0.15, 0.2) is 35.4 Å². The van der Waals surface area contributed by atoms with Gasteiger partial charge in [0.15, 0.2) is 0 Å². The molecule has 116 valence electrons. The predicted molar refractivity (Wildman–Crippen MR) is 81.5 cm³/mol. The third-order valence-electron chi connectivity index (χ3n) is 4.16. The largest absolute Gasteiger partial charge is 0.450 e. The number of hydrogen-bond acceptors (Lipinski definition) is 4. The molecule has 0 bridgehead atoms. The van der Waals surface area contributed by atoms with Crippen molar-refractivity contribution in [2.45, 2.75) is 19.3 Å². The molecule has 1 aromatic carbocycles. The second kappa shape index (κ2) is 6.17. The van der Waals surface area contributed by atoms with Gasteiger partial charge in [-0.05, 0) is 12.5 Å². The van der Waals surface area contributed by atoms with Gasteiger partial charge in [-0.15, -0.1) is 0 Å². The van der Waals surface area contributed by atoms with Crippen molar-refractivity contribution in [3.8, 4) is 0 Å². The monoisotopic (exact) mass is 301 g/mol. The first kappa shape index (κ1) is 14.6. The van der Waals surface area contributed by atoms with E-state index in [9.17, 15) is 9.59 Å². The number of likely N-dealkylation sites (tertiary alicyclic amines) is 1. The van der Waals surface area contributed by atoms with Crippen molar-refractivity contribution in [2.24, 2.45) is 11.0 Å². The summed E-state index contributed by atoms with van der Waals surface area (Å²) in [5.74, 6) is -0.522. The Morgan fingerprint density at radius 3 is 2.91 bits per heavy atom. The molecule has 1 N–H and O–H groups in total. The summed E-state index contributed by atoms with van der Waals surface area (Å²) in [5.41, 5.74) is 4.51. The van der Waals surface area contributed by atoms with Gasteiger partial charge in [0.2, 0.25) is 5.91 Å². The summed E-state index contributed by atoms with van der Waals surface area (Å²) in [4.78, 5) is 25.9. The van der Waals surface area contributed by atoms with E-state index in [4.69, 9.17) is 4.74 Å². The van der Waals surface area contributed by atoms with Crippen LogP contribution in [0.1, 0.15) is 24.8 Å². The number of rotatable bonds is 2. The molecule has 1 saturated heterocycles. The van der Waals surface area contributed by atoms with E-state index in [2.05, 4.69) is 10.5 Å². The maximum atomic E-state index is 12.3. The molecule has 0 aromatic heterocycles. The molecular formula is C16H19N3O3. The average molecular weight is 301 g/mol. The molecule has 1 fully saturated rings. The fourth-order valence-corrected chi connectivity index (χ4v) is 3.11. The number of fused-ring (bicyclic) bond motifs is 1. The predicted octanol–water partition coefficient (Wildman–Crippen LogP) is 1.73. The minimum absolute atomic E-state index is 0.0886. The normalized spacial score (nSPS) is 24.1. The summed E-state index contributed by atoms with van der Waals surface area (Å²) in [6, 6.07) is 9.64. The highest BCUT2D eigenvalue weighted by molar-refractivity contribution is 5.99. The van der Waals surface area contributed by atoms with E-state index in [0.29, 0.717) is 26.1 Å². The Bertz CT molecular complexity index is 600. The van der Waals surface area contributed by atoms with E-state index in [1.807, 2.05) is 30.3 Å². The lowest BCUT2D eigenvalue weighted by atomic mass is 9.78. The SMILES string of the molecule is CCOC(=O)N1CCC2=NNC(=O)C(c3ccccc3)C2C1. The van der Waals surface area contributed by atoms with Gasteiger partial charge in [-0.25, -0.2) is 10.2 Å². The molecule has 0 spiro atoms. The van der Waals surface area contributed by atoms with Crippen LogP contribution in [0.4, 0.5) is 4.79 Å². The number of benzene rings is 1. The van der Waals surface area contributed by atoms with E-state index in [0.717, 1.165) is 11.3 Å². The molecule has 3 rings (SSSR count). The van der Waals surface area contributed by atoms with E-state index in [1.165, 1.54) is 0 Å². The summed E-state index contributed by atoms with van der Waals surface area (Å²) in [6.07, 6.45) is 0.340. The molecule has 22 heavy (non-hydrogen) atoms. The Labute approximate surface area is 129 Å². The first-order valence-electron chi connectivity index (χ1n) is 7.53. The van der Waals surface area contributed by atoms with Crippen molar-refractivity contribution in [1.29, 1.82) is 0 Å². The number of ether oxygens (including phenoxy) is 1. The van der Waals surface area contributed by atoms with Crippen molar-refractivity contribution < 1.29 is 14.3 Å². The number of amides is 2. The van der Waals surface area contributed by atoms with E-state index in [1.54, 1.807) is 11.8 Å². The Morgan fingerprint density at radius 2 is 2.18 bits per heavy atom. The second-order valence-corrected chi connectivity index (χ2v) is 5.47. The molecule has 0 aliphatic carbocycles. The Balaban J connectivity index is 1.86. The van der Waals surface area contributed by atoms with Crippen LogP contribution < -0.4 is 5.43 Å². The molecular weight excluding hydrogens is 282 g/mol. The van der Waals surface area contributed by atoms with Crippen LogP contribution in [0.5, 0.6) is 0 Å². The van der Waals surface area contributed by atoms with Crippen LogP contribution in [0, 0.1) is 5.92 Å². The van der Waals surface area contributed by atoms with E-state index >= 15 is 0 Å². The summed E-state index contributed by atoms with van der Waals surface area (Å²) in [6.45, 7) is 3.18. The van der Waals surface area contributed by atoms with E-state index in [-0.39, 0.29) is 23.8 Å². The fraction of sp³-hybridized carbons (Fsp3) is 0.438. The summed E-state index contributed by atoms with van der Waals surface area (Å²) in [7, 11) is 0. The highest BCUT2D eigenvalue weighted by atomic mass is 16.6. The maximum absolute atomic E-state index is 12.3. The molecule has 2 aliphatic rings. The van der Waals surface area contributed by atoms with Gasteiger partial charge in [0, 0.05) is 31.1 Å². The molecule has 0 radical (unpaired) electrons. The van der Waals surface area contributed by atoms with Gasteiger partial charge in [-0.1, -0.05) is 30.3 Å². The zero-order valence-corrected chi connectivity index (χ0v) is 12.5. The molecule has 6 nitrogen and oxygen atoms in total. The summed E-state index contributed by atoms with van der Waals surface area (Å²) >= 11 is 0. The molecule has 1 aromatic rings. The number of carbonyl (C=O) groups is 2. The Kier molecular flexibility index (Phi) is 4.09. The van der Waals surface area contributed by atoms with Crippen molar-refractivity contribution in [2.75, 3.05) is 19.7 Å². The van der Waals surface area contributed by atoms with Crippen LogP contribution in [0.25, 0.3) is 0 Å². The van der Waals surface area contributed by atoms with Gasteiger partial charge >= 0.3 is 6.09 Å². The van der Waals surface area contributed by atoms with Gasteiger partial charge in [0.25, 0.3) is 0 Å². The standard InChI is InChI=1S/C16H19N3O3/c1-2-22-16(21)19-9-8-13-12(10-19)14(15(20)18-17-13)11-6-4-3-5-7-11/h3-7,12,14H,2,8-10H2,1H3,(H,18,20). The molecule has 0 saturated carbocycles. The van der Waals surface area contributed by atoms with Crippen molar-refractivity contribution in [1.82, 2.24) is 10.3 Å². The number of piperidine rings is 1. The quantitative estimate of drug-likeness (QED) is 0.904. The fourth-order valence-electron chi connectivity index (χ4n) is 3.11. The van der Waals surface area contributed by atoms with Crippen LogP contribution in [-0.2, 0) is 9.53 Å². The topological polar surface area (TPSA) is 71.0 Å². The number of hydrazone groups is 1. The van der Waals surface area contributed by atoms with Crippen LogP contribution in [0.3, 0.4) is 0 Å². The smallest absolute Gasteiger partial charge is 0.409 e. The first-order chi connectivity index (χ1) is 10.7. The summed E-state index contributed by atoms with van der Waals surface area (Å²) in [5, 5.41) is 4.19. The molecule has 2 unspecified atom stereocenters. The van der Waals surface area contributed by atoms with Gasteiger partial charge in [0.05, 0.1) is 12.5 Å². The lowest BCUT2D eigenvalue weighted by Crippen LogP contribution is -2.51. The van der Waals surface area contributed by atoms with Crippen LogP contribution in [0.2, 0.25) is 0 Å². The lowest BCUT2D eigenvalue weighted by Gasteiger charge is -2.38. The number of carbonyl (C=O) groups excluding carboxylic acids is 2. The third-order valence-corrected chi connectivity index (χ3v) is 4.16. The Hall–Kier alpha value is -2.37. The highest BCUT2D eigenvalue weighted by Crippen LogP contribution is 2.33. The van der Waals surface area contributed by atoms with Crippen LogP contribution >= 0.6 is 0 Å². The molecule has 6 heteroatoms. The summed E-state index contributed by atoms with van der Waals surface area (Å²) < 4.78 is 5.08. The third kappa shape index (κ3) is 2.68. The molecule has 2 amide bonds. The van der Waals surface area contributed by atoms with Crippen molar-refractivity contribution in [3.05, 3.63) is 35.9 Å².